The molecule has 7 heteroatoms. The van der Waals surface area contributed by atoms with Crippen LogP contribution in [0.15, 0.2) is 35.2 Å². The molecule has 1 aromatic carbocycles. The Bertz CT molecular complexity index is 581. The lowest BCUT2D eigenvalue weighted by molar-refractivity contribution is -0.120. The molecular weight excluding hydrogens is 276 g/mol. The molecule has 0 aliphatic heterocycles. The second-order valence-electron chi connectivity index (χ2n) is 4.19. The number of carbonyl (C=O) groups is 1. The third kappa shape index (κ3) is 4.13. The summed E-state index contributed by atoms with van der Waals surface area (Å²) in [5.41, 5.74) is 7.21. The van der Waals surface area contributed by atoms with E-state index >= 15 is 0 Å². The molecule has 0 atom stereocenters. The van der Waals surface area contributed by atoms with Gasteiger partial charge in [0.25, 0.3) is 0 Å². The number of nitrogens with zero attached hydrogens (tertiary/aromatic N) is 2. The highest BCUT2D eigenvalue weighted by atomic mass is 32.1. The molecule has 1 heterocycles. The third-order valence-corrected chi connectivity index (χ3v) is 2.92. The summed E-state index contributed by atoms with van der Waals surface area (Å²) < 4.78 is 4.60. The maximum atomic E-state index is 11.7. The first-order chi connectivity index (χ1) is 9.65. The minimum atomic E-state index is -0.0587. The Morgan fingerprint density at radius 1 is 1.35 bits per heavy atom. The van der Waals surface area contributed by atoms with Crippen molar-refractivity contribution in [2.24, 2.45) is 5.73 Å². The van der Waals surface area contributed by atoms with Crippen LogP contribution in [0.25, 0.3) is 0 Å². The molecule has 0 bridgehead atoms. The predicted molar refractivity (Wildman–Crippen MR) is 77.0 cm³/mol. The number of benzene rings is 1. The first-order valence-corrected chi connectivity index (χ1v) is 6.46. The van der Waals surface area contributed by atoms with Gasteiger partial charge >= 0.3 is 0 Å². The monoisotopic (exact) mass is 290 g/mol. The van der Waals surface area contributed by atoms with Gasteiger partial charge in [-0.15, -0.1) is 0 Å². The van der Waals surface area contributed by atoms with Gasteiger partial charge in [-0.05, 0) is 5.56 Å². The van der Waals surface area contributed by atoms with E-state index in [1.807, 2.05) is 24.3 Å². The van der Waals surface area contributed by atoms with Crippen LogP contribution < -0.4 is 11.1 Å². The van der Waals surface area contributed by atoms with Crippen molar-refractivity contribution in [1.29, 1.82) is 0 Å². The Hall–Kier alpha value is -2.28. The van der Waals surface area contributed by atoms with Crippen molar-refractivity contribution >= 4 is 23.1 Å². The van der Waals surface area contributed by atoms with Gasteiger partial charge < -0.3 is 15.6 Å². The molecule has 104 valence electrons. The minimum absolute atomic E-state index is 0.0587. The van der Waals surface area contributed by atoms with Gasteiger partial charge in [0.1, 0.15) is 4.99 Å². The lowest BCUT2D eigenvalue weighted by Gasteiger charge is -2.05. The molecule has 3 N–H and O–H groups in total. The maximum absolute atomic E-state index is 11.7. The molecule has 6 nitrogen and oxygen atoms in total. The predicted octanol–water partition coefficient (Wildman–Crippen LogP) is 0.605. The number of hydrogen-bond acceptors (Lipinski definition) is 5. The van der Waals surface area contributed by atoms with Crippen LogP contribution in [0.4, 0.5) is 0 Å². The number of hydrogen-bond donors (Lipinski definition) is 2. The SMILES string of the molecule is NC(=S)c1ccc(CC(=O)NCCc2ncon2)cc1. The molecule has 0 aliphatic carbocycles. The van der Waals surface area contributed by atoms with Crippen molar-refractivity contribution in [3.63, 3.8) is 0 Å². The summed E-state index contributed by atoms with van der Waals surface area (Å²) in [5, 5.41) is 6.46. The number of rotatable bonds is 6. The molecule has 0 saturated heterocycles. The highest BCUT2D eigenvalue weighted by Crippen LogP contribution is 2.05. The zero-order valence-corrected chi connectivity index (χ0v) is 11.5. The van der Waals surface area contributed by atoms with E-state index in [9.17, 15) is 4.79 Å². The molecule has 0 radical (unpaired) electrons. The minimum Gasteiger partial charge on any atom is -0.389 e. The van der Waals surface area contributed by atoms with Gasteiger partial charge in [-0.3, -0.25) is 4.79 Å². The summed E-state index contributed by atoms with van der Waals surface area (Å²) in [6.07, 6.45) is 2.12. The summed E-state index contributed by atoms with van der Waals surface area (Å²) in [6, 6.07) is 7.30. The van der Waals surface area contributed by atoms with Gasteiger partial charge in [0, 0.05) is 18.5 Å². The Balaban J connectivity index is 1.77. The number of aromatic nitrogens is 2. The zero-order valence-electron chi connectivity index (χ0n) is 10.7. The van der Waals surface area contributed by atoms with E-state index < -0.39 is 0 Å². The first-order valence-electron chi connectivity index (χ1n) is 6.06. The fourth-order valence-corrected chi connectivity index (χ4v) is 1.79. The van der Waals surface area contributed by atoms with E-state index in [4.69, 9.17) is 18.0 Å². The summed E-state index contributed by atoms with van der Waals surface area (Å²) in [6.45, 7) is 0.476. The molecule has 0 spiro atoms. The second kappa shape index (κ2) is 6.76. The smallest absolute Gasteiger partial charge is 0.224 e. The van der Waals surface area contributed by atoms with Crippen LogP contribution in [0.5, 0.6) is 0 Å². The average Bonchev–Trinajstić information content (AvgIpc) is 2.92. The van der Waals surface area contributed by atoms with Gasteiger partial charge in [0.15, 0.2) is 5.82 Å². The largest absolute Gasteiger partial charge is 0.389 e. The van der Waals surface area contributed by atoms with E-state index in [2.05, 4.69) is 20.0 Å². The Labute approximate surface area is 121 Å². The summed E-state index contributed by atoms with van der Waals surface area (Å²) in [5.74, 6) is 0.516. The van der Waals surface area contributed by atoms with Crippen LogP contribution in [-0.2, 0) is 17.6 Å². The molecule has 0 saturated carbocycles. The highest BCUT2D eigenvalue weighted by molar-refractivity contribution is 7.80. The maximum Gasteiger partial charge on any atom is 0.224 e. The van der Waals surface area contributed by atoms with Gasteiger partial charge in [0.2, 0.25) is 12.3 Å². The average molecular weight is 290 g/mol. The number of nitrogens with one attached hydrogen (secondary N) is 1. The lowest BCUT2D eigenvalue weighted by atomic mass is 10.1. The van der Waals surface area contributed by atoms with E-state index in [1.54, 1.807) is 0 Å². The zero-order chi connectivity index (χ0) is 14.4. The molecule has 20 heavy (non-hydrogen) atoms. The van der Waals surface area contributed by atoms with E-state index in [-0.39, 0.29) is 5.91 Å². The van der Waals surface area contributed by atoms with Crippen molar-refractivity contribution in [2.45, 2.75) is 12.8 Å². The summed E-state index contributed by atoms with van der Waals surface area (Å²) in [4.78, 5) is 16.0. The van der Waals surface area contributed by atoms with E-state index in [0.717, 1.165) is 11.1 Å². The summed E-state index contributed by atoms with van der Waals surface area (Å²) >= 11 is 4.87. The van der Waals surface area contributed by atoms with Gasteiger partial charge in [-0.25, -0.2) is 0 Å². The topological polar surface area (TPSA) is 94.0 Å². The number of nitrogens with two attached hydrogens (primary N) is 1. The van der Waals surface area contributed by atoms with E-state index in [0.29, 0.717) is 30.2 Å². The molecule has 2 rings (SSSR count). The number of carbonyl (C=O) groups excluding carboxylic acids is 1. The Morgan fingerprint density at radius 3 is 2.70 bits per heavy atom. The van der Waals surface area contributed by atoms with Crippen LogP contribution in [0.2, 0.25) is 0 Å². The molecule has 0 aliphatic rings. The molecule has 1 amide bonds. The van der Waals surface area contributed by atoms with E-state index in [1.165, 1.54) is 6.39 Å². The van der Waals surface area contributed by atoms with Crippen LogP contribution >= 0.6 is 12.2 Å². The lowest BCUT2D eigenvalue weighted by Crippen LogP contribution is -2.27. The van der Waals surface area contributed by atoms with Crippen molar-refractivity contribution in [1.82, 2.24) is 15.5 Å². The van der Waals surface area contributed by atoms with Crippen LogP contribution in [-0.4, -0.2) is 27.6 Å². The highest BCUT2D eigenvalue weighted by Gasteiger charge is 2.05. The normalized spacial score (nSPS) is 10.2. The fraction of sp³-hybridized carbons (Fsp3) is 0.231. The van der Waals surface area contributed by atoms with Gasteiger partial charge in [0.05, 0.1) is 6.42 Å². The fourth-order valence-electron chi connectivity index (χ4n) is 1.65. The third-order valence-electron chi connectivity index (χ3n) is 2.68. The van der Waals surface area contributed by atoms with Crippen molar-refractivity contribution in [3.05, 3.63) is 47.6 Å². The van der Waals surface area contributed by atoms with Gasteiger partial charge in [-0.2, -0.15) is 4.98 Å². The van der Waals surface area contributed by atoms with Crippen molar-refractivity contribution in [2.75, 3.05) is 6.54 Å². The molecule has 2 aromatic rings. The van der Waals surface area contributed by atoms with Crippen molar-refractivity contribution < 1.29 is 9.32 Å². The van der Waals surface area contributed by atoms with Crippen LogP contribution in [0.1, 0.15) is 17.0 Å². The van der Waals surface area contributed by atoms with Crippen LogP contribution in [0.3, 0.4) is 0 Å². The quantitative estimate of drug-likeness (QED) is 0.757. The summed E-state index contributed by atoms with van der Waals surface area (Å²) in [7, 11) is 0. The Kier molecular flexibility index (Phi) is 4.78. The second-order valence-corrected chi connectivity index (χ2v) is 4.63. The standard InChI is InChI=1S/C13H14N4O2S/c14-13(20)10-3-1-9(2-4-10)7-12(18)15-6-5-11-16-8-19-17-11/h1-4,8H,5-7H2,(H2,14,20)(H,15,18). The number of amides is 1. The van der Waals surface area contributed by atoms with Crippen LogP contribution in [0, 0.1) is 0 Å². The molecule has 0 fully saturated rings. The molecule has 1 aromatic heterocycles. The van der Waals surface area contributed by atoms with Gasteiger partial charge in [-0.1, -0.05) is 41.6 Å². The number of thiocarbonyl (C=S) groups is 1. The first kappa shape index (κ1) is 14.1. The van der Waals surface area contributed by atoms with Crippen molar-refractivity contribution in [3.8, 4) is 0 Å². The molecule has 0 unspecified atom stereocenters. The molecular formula is C13H14N4O2S. The Morgan fingerprint density at radius 2 is 2.10 bits per heavy atom.